The highest BCUT2D eigenvalue weighted by Crippen LogP contribution is 2.08. The zero-order chi connectivity index (χ0) is 18.6. The standard InChI is InChI=1S/C22H38O3/c1-5-21(3)13-9-7-11-15-23-17-19-25-20-18-24-16-12-8-10-14-22(4)6-2/h5-6H,1-4,7-20H2. The maximum Gasteiger partial charge on any atom is 0.0701 e. The van der Waals surface area contributed by atoms with Crippen molar-refractivity contribution >= 4 is 0 Å². The molecule has 0 saturated carbocycles. The zero-order valence-electron chi connectivity index (χ0n) is 16.1. The molecule has 0 radical (unpaired) electrons. The number of hydrogen-bond donors (Lipinski definition) is 0. The van der Waals surface area contributed by atoms with Gasteiger partial charge in [0.1, 0.15) is 0 Å². The molecule has 0 aromatic heterocycles. The molecule has 3 heteroatoms. The Kier molecular flexibility index (Phi) is 18.3. The van der Waals surface area contributed by atoms with E-state index in [1.54, 1.807) is 0 Å². The van der Waals surface area contributed by atoms with Crippen LogP contribution in [0, 0.1) is 0 Å². The van der Waals surface area contributed by atoms with E-state index in [-0.39, 0.29) is 0 Å². The molecule has 0 aliphatic rings. The van der Waals surface area contributed by atoms with E-state index in [0.29, 0.717) is 26.4 Å². The van der Waals surface area contributed by atoms with E-state index in [9.17, 15) is 0 Å². The Labute approximate surface area is 155 Å². The summed E-state index contributed by atoms with van der Waals surface area (Å²) < 4.78 is 16.6. The first-order valence-corrected chi connectivity index (χ1v) is 9.54. The van der Waals surface area contributed by atoms with Crippen molar-refractivity contribution in [3.05, 3.63) is 49.6 Å². The Hall–Kier alpha value is -1.16. The molecule has 0 N–H and O–H groups in total. The third-order valence-electron chi connectivity index (χ3n) is 3.89. The fourth-order valence-corrected chi connectivity index (χ4v) is 2.21. The lowest BCUT2D eigenvalue weighted by Gasteiger charge is -2.07. The van der Waals surface area contributed by atoms with Crippen LogP contribution in [0.25, 0.3) is 0 Å². The molecule has 25 heavy (non-hydrogen) atoms. The average molecular weight is 351 g/mol. The molecule has 0 amide bonds. The van der Waals surface area contributed by atoms with Crippen molar-refractivity contribution in [1.29, 1.82) is 0 Å². The predicted molar refractivity (Wildman–Crippen MR) is 108 cm³/mol. The van der Waals surface area contributed by atoms with Gasteiger partial charge in [-0.2, -0.15) is 0 Å². The van der Waals surface area contributed by atoms with Crippen molar-refractivity contribution in [1.82, 2.24) is 0 Å². The molecule has 0 heterocycles. The highest BCUT2D eigenvalue weighted by molar-refractivity contribution is 5.10. The number of allylic oxidation sites excluding steroid dienone is 4. The van der Waals surface area contributed by atoms with Crippen LogP contribution < -0.4 is 0 Å². The zero-order valence-corrected chi connectivity index (χ0v) is 16.1. The van der Waals surface area contributed by atoms with E-state index >= 15 is 0 Å². The SMILES string of the molecule is C=CC(=C)CCCCCOCCOCCOCCCCCC(=C)C=C. The van der Waals surface area contributed by atoms with E-state index in [1.165, 1.54) is 12.8 Å². The van der Waals surface area contributed by atoms with Crippen molar-refractivity contribution in [2.75, 3.05) is 39.6 Å². The van der Waals surface area contributed by atoms with Crippen LogP contribution in [0.5, 0.6) is 0 Å². The van der Waals surface area contributed by atoms with Gasteiger partial charge in [0.25, 0.3) is 0 Å². The molecular formula is C22H38O3. The van der Waals surface area contributed by atoms with Gasteiger partial charge in [0.15, 0.2) is 0 Å². The minimum Gasteiger partial charge on any atom is -0.379 e. The van der Waals surface area contributed by atoms with E-state index < -0.39 is 0 Å². The Morgan fingerprint density at radius 1 is 0.520 bits per heavy atom. The molecule has 0 aromatic rings. The van der Waals surface area contributed by atoms with Crippen LogP contribution in [0.3, 0.4) is 0 Å². The Morgan fingerprint density at radius 3 is 1.24 bits per heavy atom. The minimum atomic E-state index is 0.639. The molecule has 3 nitrogen and oxygen atoms in total. The molecule has 0 spiro atoms. The Balaban J connectivity index is 3.07. The first-order chi connectivity index (χ1) is 12.2. The van der Waals surface area contributed by atoms with Crippen LogP contribution in [0.4, 0.5) is 0 Å². The van der Waals surface area contributed by atoms with E-state index in [1.807, 2.05) is 12.2 Å². The third-order valence-corrected chi connectivity index (χ3v) is 3.89. The van der Waals surface area contributed by atoms with Crippen LogP contribution in [-0.2, 0) is 14.2 Å². The summed E-state index contributed by atoms with van der Waals surface area (Å²) in [4.78, 5) is 0. The minimum absolute atomic E-state index is 0.639. The summed E-state index contributed by atoms with van der Waals surface area (Å²) in [5.41, 5.74) is 2.24. The van der Waals surface area contributed by atoms with Crippen LogP contribution in [0.1, 0.15) is 51.4 Å². The van der Waals surface area contributed by atoms with Gasteiger partial charge in [0.05, 0.1) is 26.4 Å². The van der Waals surface area contributed by atoms with Gasteiger partial charge in [-0.05, 0) is 38.5 Å². The molecule has 0 saturated heterocycles. The molecule has 0 bridgehead atoms. The summed E-state index contributed by atoms with van der Waals surface area (Å²) in [6.07, 6.45) is 12.6. The van der Waals surface area contributed by atoms with Gasteiger partial charge in [-0.3, -0.25) is 0 Å². The van der Waals surface area contributed by atoms with E-state index in [0.717, 1.165) is 62.9 Å². The molecule has 0 rings (SSSR count). The predicted octanol–water partition coefficient (Wildman–Crippen LogP) is 5.64. The van der Waals surface area contributed by atoms with Crippen molar-refractivity contribution in [3.63, 3.8) is 0 Å². The summed E-state index contributed by atoms with van der Waals surface area (Å²) in [6, 6.07) is 0. The van der Waals surface area contributed by atoms with Gasteiger partial charge < -0.3 is 14.2 Å². The second-order valence-corrected chi connectivity index (χ2v) is 6.18. The monoisotopic (exact) mass is 350 g/mol. The average Bonchev–Trinajstić information content (AvgIpc) is 2.63. The molecule has 0 aromatic carbocycles. The highest BCUT2D eigenvalue weighted by atomic mass is 16.5. The smallest absolute Gasteiger partial charge is 0.0701 e. The molecule has 0 atom stereocenters. The van der Waals surface area contributed by atoms with Gasteiger partial charge in [0, 0.05) is 13.2 Å². The van der Waals surface area contributed by atoms with Crippen LogP contribution >= 0.6 is 0 Å². The first kappa shape index (κ1) is 23.8. The molecule has 144 valence electrons. The number of hydrogen-bond acceptors (Lipinski definition) is 3. The lowest BCUT2D eigenvalue weighted by Crippen LogP contribution is -2.10. The van der Waals surface area contributed by atoms with Gasteiger partial charge in [-0.15, -0.1) is 0 Å². The maximum atomic E-state index is 5.55. The van der Waals surface area contributed by atoms with Crippen molar-refractivity contribution in [2.45, 2.75) is 51.4 Å². The molecule has 0 fully saturated rings. The maximum absolute atomic E-state index is 5.55. The lowest BCUT2D eigenvalue weighted by molar-refractivity contribution is 0.0132. The number of unbranched alkanes of at least 4 members (excludes halogenated alkanes) is 4. The molecule has 0 unspecified atom stereocenters. The first-order valence-electron chi connectivity index (χ1n) is 9.54. The second-order valence-electron chi connectivity index (χ2n) is 6.18. The van der Waals surface area contributed by atoms with Crippen molar-refractivity contribution in [2.24, 2.45) is 0 Å². The van der Waals surface area contributed by atoms with Crippen molar-refractivity contribution in [3.8, 4) is 0 Å². The fraction of sp³-hybridized carbons (Fsp3) is 0.636. The summed E-state index contributed by atoms with van der Waals surface area (Å²) in [5.74, 6) is 0. The summed E-state index contributed by atoms with van der Waals surface area (Å²) in [7, 11) is 0. The van der Waals surface area contributed by atoms with Crippen molar-refractivity contribution < 1.29 is 14.2 Å². The van der Waals surface area contributed by atoms with Gasteiger partial charge in [-0.25, -0.2) is 0 Å². The highest BCUT2D eigenvalue weighted by Gasteiger charge is 1.95. The summed E-state index contributed by atoms with van der Waals surface area (Å²) in [5, 5.41) is 0. The van der Waals surface area contributed by atoms with Crippen LogP contribution in [-0.4, -0.2) is 39.6 Å². The largest absolute Gasteiger partial charge is 0.379 e. The quantitative estimate of drug-likeness (QED) is 0.210. The molecular weight excluding hydrogens is 312 g/mol. The fourth-order valence-electron chi connectivity index (χ4n) is 2.21. The Morgan fingerprint density at radius 2 is 0.880 bits per heavy atom. The van der Waals surface area contributed by atoms with Crippen LogP contribution in [0.15, 0.2) is 49.6 Å². The number of ether oxygens (including phenoxy) is 3. The number of rotatable bonds is 20. The van der Waals surface area contributed by atoms with Crippen LogP contribution in [0.2, 0.25) is 0 Å². The van der Waals surface area contributed by atoms with E-state index in [2.05, 4.69) is 26.3 Å². The molecule has 0 aliphatic carbocycles. The van der Waals surface area contributed by atoms with Gasteiger partial charge in [-0.1, -0.05) is 62.5 Å². The van der Waals surface area contributed by atoms with Gasteiger partial charge in [0.2, 0.25) is 0 Å². The lowest BCUT2D eigenvalue weighted by atomic mass is 10.1. The van der Waals surface area contributed by atoms with Gasteiger partial charge >= 0.3 is 0 Å². The van der Waals surface area contributed by atoms with E-state index in [4.69, 9.17) is 14.2 Å². The Bertz CT molecular complexity index is 326. The normalized spacial score (nSPS) is 10.6. The summed E-state index contributed by atoms with van der Waals surface area (Å²) >= 11 is 0. The summed E-state index contributed by atoms with van der Waals surface area (Å²) in [6.45, 7) is 19.4. The third kappa shape index (κ3) is 19.0. The topological polar surface area (TPSA) is 27.7 Å². The molecule has 0 aliphatic heterocycles. The second kappa shape index (κ2) is 19.2.